The molecule has 0 fully saturated rings. The first-order chi connectivity index (χ1) is 13.9. The van der Waals surface area contributed by atoms with Gasteiger partial charge in [-0.15, -0.1) is 0 Å². The van der Waals surface area contributed by atoms with Gasteiger partial charge in [-0.1, -0.05) is 35.9 Å². The second-order valence-corrected chi connectivity index (χ2v) is 7.60. The summed E-state index contributed by atoms with van der Waals surface area (Å²) in [6.45, 7) is 3.40. The van der Waals surface area contributed by atoms with E-state index in [0.717, 1.165) is 5.56 Å². The van der Waals surface area contributed by atoms with E-state index in [9.17, 15) is 14.4 Å². The minimum atomic E-state index is -0.990. The van der Waals surface area contributed by atoms with Gasteiger partial charge in [0.25, 0.3) is 11.8 Å². The van der Waals surface area contributed by atoms with Crippen LogP contribution in [-0.2, 0) is 14.3 Å². The molecule has 29 heavy (non-hydrogen) atoms. The molecule has 2 aromatic rings. The summed E-state index contributed by atoms with van der Waals surface area (Å²) in [7, 11) is 0. The number of anilines is 1. The average Bonchev–Trinajstić information content (AvgIpc) is 2.71. The Kier molecular flexibility index (Phi) is 8.73. The van der Waals surface area contributed by atoms with Gasteiger partial charge in [-0.3, -0.25) is 9.59 Å². The summed E-state index contributed by atoms with van der Waals surface area (Å²) in [5.41, 5.74) is 2.04. The van der Waals surface area contributed by atoms with Crippen molar-refractivity contribution in [2.45, 2.75) is 32.4 Å². The number of rotatable bonds is 9. The quantitative estimate of drug-likeness (QED) is 0.614. The number of benzene rings is 2. The van der Waals surface area contributed by atoms with Crippen molar-refractivity contribution in [1.82, 2.24) is 5.32 Å². The lowest BCUT2D eigenvalue weighted by molar-refractivity contribution is -0.155. The number of aryl methyl sites for hydroxylation is 1. The van der Waals surface area contributed by atoms with Gasteiger partial charge in [-0.2, -0.15) is 11.8 Å². The highest BCUT2D eigenvalue weighted by atomic mass is 32.2. The van der Waals surface area contributed by atoms with Crippen molar-refractivity contribution in [3.63, 3.8) is 0 Å². The second-order valence-electron chi connectivity index (χ2n) is 6.61. The Bertz CT molecular complexity index is 842. The van der Waals surface area contributed by atoms with Crippen LogP contribution in [-0.4, -0.2) is 41.9 Å². The summed E-state index contributed by atoms with van der Waals surface area (Å²) in [4.78, 5) is 37.4. The summed E-state index contributed by atoms with van der Waals surface area (Å²) < 4.78 is 5.33. The number of thioether (sulfide) groups is 1. The van der Waals surface area contributed by atoms with Crippen molar-refractivity contribution in [3.05, 3.63) is 65.7 Å². The molecule has 0 bridgehead atoms. The van der Waals surface area contributed by atoms with Crippen LogP contribution in [0.15, 0.2) is 54.6 Å². The Morgan fingerprint density at radius 3 is 2.45 bits per heavy atom. The Morgan fingerprint density at radius 2 is 1.79 bits per heavy atom. The van der Waals surface area contributed by atoms with Crippen LogP contribution in [0.5, 0.6) is 0 Å². The molecule has 2 N–H and O–H groups in total. The van der Waals surface area contributed by atoms with Crippen LogP contribution in [0.25, 0.3) is 0 Å². The number of carbonyl (C=O) groups excluding carboxylic acids is 3. The number of hydrogen-bond acceptors (Lipinski definition) is 5. The molecular weight excluding hydrogens is 388 g/mol. The summed E-state index contributed by atoms with van der Waals surface area (Å²) in [6.07, 6.45) is 1.33. The number of ether oxygens (including phenoxy) is 1. The first-order valence-corrected chi connectivity index (χ1v) is 10.7. The highest BCUT2D eigenvalue weighted by molar-refractivity contribution is 7.98. The first-order valence-electron chi connectivity index (χ1n) is 9.33. The minimum Gasteiger partial charge on any atom is -0.451 e. The number of amides is 2. The van der Waals surface area contributed by atoms with Crippen LogP contribution >= 0.6 is 11.8 Å². The van der Waals surface area contributed by atoms with Crippen molar-refractivity contribution >= 4 is 35.2 Å². The Morgan fingerprint density at radius 1 is 1.07 bits per heavy atom. The fourth-order valence-corrected chi connectivity index (χ4v) is 3.06. The number of hydrogen-bond donors (Lipinski definition) is 2. The SMILES string of the molecule is CSCC[C@@H](NC(=O)c1cccc(C)c1)C(=O)O[C@@H](C)C(=O)Nc1ccccc1. The molecule has 6 nitrogen and oxygen atoms in total. The lowest BCUT2D eigenvalue weighted by Gasteiger charge is -2.20. The van der Waals surface area contributed by atoms with Crippen molar-refractivity contribution in [1.29, 1.82) is 0 Å². The zero-order valence-electron chi connectivity index (χ0n) is 16.8. The molecule has 2 amide bonds. The van der Waals surface area contributed by atoms with Crippen LogP contribution in [0, 0.1) is 6.92 Å². The normalized spacial score (nSPS) is 12.5. The number of nitrogens with one attached hydrogen (secondary N) is 2. The van der Waals surface area contributed by atoms with Crippen LogP contribution in [0.1, 0.15) is 29.3 Å². The molecular formula is C22H26N2O4S. The van der Waals surface area contributed by atoms with Gasteiger partial charge in [0.15, 0.2) is 6.10 Å². The minimum absolute atomic E-state index is 0.349. The van der Waals surface area contributed by atoms with E-state index in [0.29, 0.717) is 23.4 Å². The fourth-order valence-electron chi connectivity index (χ4n) is 2.59. The van der Waals surface area contributed by atoms with E-state index in [1.807, 2.05) is 25.3 Å². The monoisotopic (exact) mass is 414 g/mol. The molecule has 0 aliphatic rings. The molecule has 0 aliphatic heterocycles. The largest absolute Gasteiger partial charge is 0.451 e. The van der Waals surface area contributed by atoms with Crippen LogP contribution in [0.3, 0.4) is 0 Å². The molecule has 0 saturated carbocycles. The Labute approximate surface area is 175 Å². The van der Waals surface area contributed by atoms with Gasteiger partial charge in [-0.25, -0.2) is 4.79 Å². The van der Waals surface area contributed by atoms with E-state index in [4.69, 9.17) is 4.74 Å². The van der Waals surface area contributed by atoms with Gasteiger partial charge in [0, 0.05) is 11.3 Å². The summed E-state index contributed by atoms with van der Waals surface area (Å²) in [5, 5.41) is 5.42. The Balaban J connectivity index is 1.99. The van der Waals surface area contributed by atoms with Gasteiger partial charge < -0.3 is 15.4 Å². The molecule has 2 atom stereocenters. The molecule has 0 heterocycles. The van der Waals surface area contributed by atoms with Crippen molar-refractivity contribution < 1.29 is 19.1 Å². The van der Waals surface area contributed by atoms with Crippen molar-refractivity contribution in [2.75, 3.05) is 17.3 Å². The maximum absolute atomic E-state index is 12.6. The average molecular weight is 415 g/mol. The molecule has 0 radical (unpaired) electrons. The predicted molar refractivity (Wildman–Crippen MR) is 116 cm³/mol. The Hall–Kier alpha value is -2.80. The molecule has 0 saturated heterocycles. The summed E-state index contributed by atoms with van der Waals surface area (Å²) in [5.74, 6) is -0.745. The lowest BCUT2D eigenvalue weighted by atomic mass is 10.1. The highest BCUT2D eigenvalue weighted by Gasteiger charge is 2.26. The maximum atomic E-state index is 12.6. The number of esters is 1. The molecule has 7 heteroatoms. The van der Waals surface area contributed by atoms with Gasteiger partial charge in [-0.05, 0) is 56.5 Å². The van der Waals surface area contributed by atoms with Crippen LogP contribution in [0.4, 0.5) is 5.69 Å². The fraction of sp³-hybridized carbons (Fsp3) is 0.318. The van der Waals surface area contributed by atoms with E-state index >= 15 is 0 Å². The second kappa shape index (κ2) is 11.3. The van der Waals surface area contributed by atoms with Crippen molar-refractivity contribution in [2.24, 2.45) is 0 Å². The molecule has 0 spiro atoms. The van der Waals surface area contributed by atoms with E-state index in [-0.39, 0.29) is 5.91 Å². The first kappa shape index (κ1) is 22.5. The standard InChI is InChI=1S/C22H26N2O4S/c1-15-8-7-9-17(14-15)21(26)24-19(12-13-29-3)22(27)28-16(2)20(25)23-18-10-5-4-6-11-18/h4-11,14,16,19H,12-13H2,1-3H3,(H,23,25)(H,24,26)/t16-,19+/m0/s1. The van der Waals surface area contributed by atoms with E-state index < -0.39 is 24.0 Å². The lowest BCUT2D eigenvalue weighted by Crippen LogP contribution is -2.44. The van der Waals surface area contributed by atoms with E-state index in [1.54, 1.807) is 54.2 Å². The van der Waals surface area contributed by atoms with Gasteiger partial charge in [0.1, 0.15) is 6.04 Å². The third-order valence-electron chi connectivity index (χ3n) is 4.18. The molecule has 0 unspecified atom stereocenters. The van der Waals surface area contributed by atoms with Gasteiger partial charge >= 0.3 is 5.97 Å². The van der Waals surface area contributed by atoms with Crippen LogP contribution < -0.4 is 10.6 Å². The number of carbonyl (C=O) groups is 3. The number of para-hydroxylation sites is 1. The van der Waals surface area contributed by atoms with E-state index in [1.165, 1.54) is 6.92 Å². The molecule has 2 aromatic carbocycles. The zero-order chi connectivity index (χ0) is 21.2. The van der Waals surface area contributed by atoms with Gasteiger partial charge in [0.05, 0.1) is 0 Å². The van der Waals surface area contributed by atoms with Crippen LogP contribution in [0.2, 0.25) is 0 Å². The van der Waals surface area contributed by atoms with Crippen molar-refractivity contribution in [3.8, 4) is 0 Å². The molecule has 0 aliphatic carbocycles. The summed E-state index contributed by atoms with van der Waals surface area (Å²) in [6, 6.07) is 15.2. The zero-order valence-corrected chi connectivity index (χ0v) is 17.6. The third-order valence-corrected chi connectivity index (χ3v) is 4.83. The summed E-state index contributed by atoms with van der Waals surface area (Å²) >= 11 is 1.56. The predicted octanol–water partition coefficient (Wildman–Crippen LogP) is 3.42. The van der Waals surface area contributed by atoms with Gasteiger partial charge in [0.2, 0.25) is 0 Å². The maximum Gasteiger partial charge on any atom is 0.329 e. The molecule has 2 rings (SSSR count). The molecule has 154 valence electrons. The topological polar surface area (TPSA) is 84.5 Å². The third kappa shape index (κ3) is 7.27. The highest BCUT2D eigenvalue weighted by Crippen LogP contribution is 2.10. The smallest absolute Gasteiger partial charge is 0.329 e. The van der Waals surface area contributed by atoms with E-state index in [2.05, 4.69) is 10.6 Å². The molecule has 0 aromatic heterocycles.